The van der Waals surface area contributed by atoms with E-state index >= 15 is 0 Å². The number of carbonyl (C=O) groups is 1. The molecule has 1 atom stereocenters. The zero-order valence-electron chi connectivity index (χ0n) is 10.1. The van der Waals surface area contributed by atoms with Crippen LogP contribution in [0, 0.1) is 0 Å². The van der Waals surface area contributed by atoms with E-state index in [4.69, 9.17) is 4.52 Å². The third-order valence-corrected chi connectivity index (χ3v) is 4.11. The molecule has 0 bridgehead atoms. The largest absolute Gasteiger partial charge is 0.339 e. The van der Waals surface area contributed by atoms with E-state index in [-0.39, 0.29) is 11.8 Å². The van der Waals surface area contributed by atoms with Crippen molar-refractivity contribution in [3.8, 4) is 0 Å². The fraction of sp³-hybridized carbons (Fsp3) is 0.750. The number of nitrogens with zero attached hydrogens (tertiary/aromatic N) is 3. The lowest BCUT2D eigenvalue weighted by Crippen LogP contribution is -2.57. The SMILES string of the molecule is O=C1CC(c2nc(C3CC3)no2)CN1C1CNC1. The Morgan fingerprint density at radius 3 is 2.78 bits per heavy atom. The summed E-state index contributed by atoms with van der Waals surface area (Å²) >= 11 is 0. The molecule has 1 aromatic heterocycles. The van der Waals surface area contributed by atoms with Crippen LogP contribution in [-0.4, -0.2) is 46.6 Å². The van der Waals surface area contributed by atoms with E-state index in [1.165, 1.54) is 12.8 Å². The van der Waals surface area contributed by atoms with E-state index in [1.54, 1.807) is 0 Å². The van der Waals surface area contributed by atoms with E-state index in [0.29, 0.717) is 24.3 Å². The Hall–Kier alpha value is -1.43. The maximum Gasteiger partial charge on any atom is 0.232 e. The van der Waals surface area contributed by atoms with Gasteiger partial charge in [-0.2, -0.15) is 4.98 Å². The summed E-state index contributed by atoms with van der Waals surface area (Å²) in [7, 11) is 0. The quantitative estimate of drug-likeness (QED) is 0.829. The van der Waals surface area contributed by atoms with Crippen molar-refractivity contribution in [2.45, 2.75) is 37.1 Å². The van der Waals surface area contributed by atoms with Gasteiger partial charge in [-0.3, -0.25) is 4.79 Å². The molecule has 3 aliphatic rings. The molecule has 3 heterocycles. The predicted octanol–water partition coefficient (Wildman–Crippen LogP) is 0.235. The number of carbonyl (C=O) groups excluding carboxylic acids is 1. The lowest BCUT2D eigenvalue weighted by Gasteiger charge is -2.35. The van der Waals surface area contributed by atoms with Gasteiger partial charge in [0.15, 0.2) is 5.82 Å². The molecule has 0 aromatic carbocycles. The Labute approximate surface area is 105 Å². The van der Waals surface area contributed by atoms with Crippen LogP contribution in [0.4, 0.5) is 0 Å². The van der Waals surface area contributed by atoms with Gasteiger partial charge < -0.3 is 14.7 Å². The van der Waals surface area contributed by atoms with Crippen molar-refractivity contribution >= 4 is 5.91 Å². The average Bonchev–Trinajstić information content (AvgIpc) is 2.90. The molecule has 1 aliphatic carbocycles. The maximum atomic E-state index is 12.0. The fourth-order valence-corrected chi connectivity index (χ4v) is 2.66. The van der Waals surface area contributed by atoms with Gasteiger partial charge >= 0.3 is 0 Å². The molecule has 1 amide bonds. The van der Waals surface area contributed by atoms with Gasteiger partial charge in [0.1, 0.15) is 0 Å². The van der Waals surface area contributed by atoms with Gasteiger partial charge in [-0.25, -0.2) is 0 Å². The van der Waals surface area contributed by atoms with Gasteiger partial charge in [-0.05, 0) is 12.8 Å². The van der Waals surface area contributed by atoms with Crippen LogP contribution in [0.25, 0.3) is 0 Å². The number of nitrogens with one attached hydrogen (secondary N) is 1. The topological polar surface area (TPSA) is 71.3 Å². The number of hydrogen-bond donors (Lipinski definition) is 1. The maximum absolute atomic E-state index is 12.0. The number of likely N-dealkylation sites (tertiary alicyclic amines) is 1. The van der Waals surface area contributed by atoms with E-state index in [9.17, 15) is 4.79 Å². The second kappa shape index (κ2) is 3.78. The molecule has 0 radical (unpaired) electrons. The first kappa shape index (κ1) is 10.5. The third kappa shape index (κ3) is 1.63. The minimum Gasteiger partial charge on any atom is -0.339 e. The summed E-state index contributed by atoms with van der Waals surface area (Å²) in [5.41, 5.74) is 0. The zero-order valence-corrected chi connectivity index (χ0v) is 10.1. The molecule has 3 fully saturated rings. The zero-order chi connectivity index (χ0) is 12.1. The van der Waals surface area contributed by atoms with Gasteiger partial charge in [0.25, 0.3) is 0 Å². The van der Waals surface area contributed by atoms with Gasteiger partial charge in [0, 0.05) is 32.0 Å². The monoisotopic (exact) mass is 248 g/mol. The summed E-state index contributed by atoms with van der Waals surface area (Å²) in [5, 5.41) is 7.22. The summed E-state index contributed by atoms with van der Waals surface area (Å²) in [6.07, 6.45) is 2.85. The molecule has 18 heavy (non-hydrogen) atoms. The number of rotatable bonds is 3. The van der Waals surface area contributed by atoms with Crippen molar-refractivity contribution < 1.29 is 9.32 Å². The van der Waals surface area contributed by atoms with Crippen molar-refractivity contribution in [3.05, 3.63) is 11.7 Å². The highest BCUT2D eigenvalue weighted by atomic mass is 16.5. The van der Waals surface area contributed by atoms with Crippen LogP contribution < -0.4 is 5.32 Å². The Kier molecular flexibility index (Phi) is 2.20. The first-order chi connectivity index (χ1) is 8.81. The highest BCUT2D eigenvalue weighted by Gasteiger charge is 2.40. The molecule has 1 aromatic rings. The van der Waals surface area contributed by atoms with Crippen molar-refractivity contribution in [1.82, 2.24) is 20.4 Å². The Morgan fingerprint density at radius 2 is 2.11 bits per heavy atom. The second-order valence-corrected chi connectivity index (χ2v) is 5.52. The number of amides is 1. The summed E-state index contributed by atoms with van der Waals surface area (Å²) < 4.78 is 5.32. The molecule has 6 heteroatoms. The standard InChI is InChI=1S/C12H16N4O2/c17-10-3-8(6-16(10)9-4-13-5-9)12-14-11(15-18-12)7-1-2-7/h7-9,13H,1-6H2. The van der Waals surface area contributed by atoms with Crippen molar-refractivity contribution in [2.75, 3.05) is 19.6 Å². The molecule has 96 valence electrons. The molecule has 6 nitrogen and oxygen atoms in total. The first-order valence-corrected chi connectivity index (χ1v) is 6.65. The van der Waals surface area contributed by atoms with Crippen LogP contribution in [-0.2, 0) is 4.79 Å². The molecule has 1 unspecified atom stereocenters. The Morgan fingerprint density at radius 1 is 1.28 bits per heavy atom. The molecular weight excluding hydrogens is 232 g/mol. The molecular formula is C12H16N4O2. The number of hydrogen-bond acceptors (Lipinski definition) is 5. The smallest absolute Gasteiger partial charge is 0.232 e. The fourth-order valence-electron chi connectivity index (χ4n) is 2.66. The van der Waals surface area contributed by atoms with Crippen LogP contribution in [0.3, 0.4) is 0 Å². The third-order valence-electron chi connectivity index (χ3n) is 4.11. The van der Waals surface area contributed by atoms with E-state index in [1.807, 2.05) is 4.90 Å². The summed E-state index contributed by atoms with van der Waals surface area (Å²) in [6.45, 7) is 2.56. The van der Waals surface area contributed by atoms with Crippen LogP contribution >= 0.6 is 0 Å². The minimum atomic E-state index is 0.0955. The predicted molar refractivity (Wildman–Crippen MR) is 62.0 cm³/mol. The van der Waals surface area contributed by atoms with Crippen LogP contribution in [0.5, 0.6) is 0 Å². The summed E-state index contributed by atoms with van der Waals surface area (Å²) in [5.74, 6) is 2.31. The van der Waals surface area contributed by atoms with E-state index in [0.717, 1.165) is 25.5 Å². The highest BCUT2D eigenvalue weighted by molar-refractivity contribution is 5.80. The molecule has 1 N–H and O–H groups in total. The van der Waals surface area contributed by atoms with Gasteiger partial charge in [0.05, 0.1) is 12.0 Å². The Bertz CT molecular complexity index is 478. The lowest BCUT2D eigenvalue weighted by molar-refractivity contribution is -0.130. The van der Waals surface area contributed by atoms with Crippen LogP contribution in [0.1, 0.15) is 42.8 Å². The van der Waals surface area contributed by atoms with Crippen molar-refractivity contribution in [3.63, 3.8) is 0 Å². The van der Waals surface area contributed by atoms with Crippen molar-refractivity contribution in [1.29, 1.82) is 0 Å². The normalized spacial score (nSPS) is 28.8. The second-order valence-electron chi connectivity index (χ2n) is 5.52. The first-order valence-electron chi connectivity index (χ1n) is 6.65. The van der Waals surface area contributed by atoms with Gasteiger partial charge in [-0.1, -0.05) is 5.16 Å². The highest BCUT2D eigenvalue weighted by Crippen LogP contribution is 2.39. The van der Waals surface area contributed by atoms with E-state index in [2.05, 4.69) is 15.5 Å². The average molecular weight is 248 g/mol. The molecule has 2 saturated heterocycles. The van der Waals surface area contributed by atoms with Crippen molar-refractivity contribution in [2.24, 2.45) is 0 Å². The molecule has 0 spiro atoms. The van der Waals surface area contributed by atoms with Gasteiger partial charge in [0.2, 0.25) is 11.8 Å². The molecule has 1 saturated carbocycles. The molecule has 4 rings (SSSR count). The Balaban J connectivity index is 1.49. The number of aromatic nitrogens is 2. The summed E-state index contributed by atoms with van der Waals surface area (Å²) in [4.78, 5) is 18.4. The minimum absolute atomic E-state index is 0.0955. The van der Waals surface area contributed by atoms with Gasteiger partial charge in [-0.15, -0.1) is 0 Å². The van der Waals surface area contributed by atoms with Crippen LogP contribution in [0.15, 0.2) is 4.52 Å². The van der Waals surface area contributed by atoms with E-state index < -0.39 is 0 Å². The molecule has 2 aliphatic heterocycles. The van der Waals surface area contributed by atoms with Crippen LogP contribution in [0.2, 0.25) is 0 Å². The lowest BCUT2D eigenvalue weighted by atomic mass is 10.1. The summed E-state index contributed by atoms with van der Waals surface area (Å²) in [6, 6.07) is 0.369.